The van der Waals surface area contributed by atoms with E-state index >= 15 is 0 Å². The van der Waals surface area contributed by atoms with E-state index in [1.165, 1.54) is 41.5 Å². The number of nitrogens with zero attached hydrogens (tertiary/aromatic N) is 2. The minimum Gasteiger partial charge on any atom is -0.504 e. The average Bonchev–Trinajstić information content (AvgIpc) is 3.51. The van der Waals surface area contributed by atoms with Crippen LogP contribution in [-0.4, -0.2) is 70.0 Å². The van der Waals surface area contributed by atoms with Gasteiger partial charge in [-0.15, -0.1) is 6.58 Å². The van der Waals surface area contributed by atoms with Gasteiger partial charge >= 0.3 is 0 Å². The van der Waals surface area contributed by atoms with Crippen molar-refractivity contribution in [3.63, 3.8) is 0 Å². The first kappa shape index (κ1) is 33.3. The number of piperidine rings is 1. The third-order valence-electron chi connectivity index (χ3n) is 12.7. The van der Waals surface area contributed by atoms with E-state index in [4.69, 9.17) is 4.74 Å². The van der Waals surface area contributed by atoms with Crippen molar-refractivity contribution in [2.75, 3.05) is 26.2 Å². The number of hydrogen-bond acceptors (Lipinski definition) is 5. The fourth-order valence-electron chi connectivity index (χ4n) is 10.4. The monoisotopic (exact) mass is 668 g/mol. The Kier molecular flexibility index (Phi) is 9.32. The van der Waals surface area contributed by atoms with E-state index < -0.39 is 11.0 Å². The van der Waals surface area contributed by atoms with Crippen LogP contribution in [0.5, 0.6) is 11.5 Å². The number of aryl methyl sites for hydroxylation is 1. The summed E-state index contributed by atoms with van der Waals surface area (Å²) in [5.74, 6) is 1.03. The van der Waals surface area contributed by atoms with Crippen LogP contribution in [-0.2, 0) is 18.3 Å². The van der Waals surface area contributed by atoms with Crippen molar-refractivity contribution >= 4 is 0 Å². The number of aliphatic hydroxyl groups is 1. The van der Waals surface area contributed by atoms with E-state index in [2.05, 4.69) is 113 Å². The largest absolute Gasteiger partial charge is 0.504 e. The lowest BCUT2D eigenvalue weighted by Crippen LogP contribution is -2.78. The molecule has 4 aliphatic rings. The highest BCUT2D eigenvalue weighted by atomic mass is 16.5. The van der Waals surface area contributed by atoms with Crippen molar-refractivity contribution in [2.24, 2.45) is 0 Å². The van der Waals surface area contributed by atoms with Crippen molar-refractivity contribution in [2.45, 2.75) is 92.9 Å². The molecule has 1 saturated carbocycles. The molecule has 2 bridgehead atoms. The molecule has 2 heterocycles. The fourth-order valence-corrected chi connectivity index (χ4v) is 10.4. The lowest BCUT2D eigenvalue weighted by atomic mass is 9.48. The van der Waals surface area contributed by atoms with Crippen LogP contribution in [0.25, 0.3) is 0 Å². The van der Waals surface area contributed by atoms with Crippen LogP contribution in [0.3, 0.4) is 0 Å². The lowest BCUT2D eigenvalue weighted by molar-refractivity contribution is -0.198. The minimum atomic E-state index is -0.928. The smallest absolute Gasteiger partial charge is 0.165 e. The highest BCUT2D eigenvalue weighted by Crippen LogP contribution is 2.66. The number of aromatic hydroxyl groups is 1. The van der Waals surface area contributed by atoms with E-state index in [0.717, 1.165) is 70.3 Å². The van der Waals surface area contributed by atoms with Crippen LogP contribution >= 0.6 is 0 Å². The second kappa shape index (κ2) is 14.0. The summed E-state index contributed by atoms with van der Waals surface area (Å²) in [6.45, 7) is 7.56. The van der Waals surface area contributed by atoms with Gasteiger partial charge in [0.1, 0.15) is 6.10 Å². The summed E-state index contributed by atoms with van der Waals surface area (Å²) >= 11 is 0. The quantitative estimate of drug-likeness (QED) is 0.105. The Bertz CT molecular complexity index is 1720. The molecule has 4 aromatic carbocycles. The standard InChI is InChI=1S/C45H52N2O3/c1-2-28-46-30-27-44-41-36-23-24-39(48)42(41)50-43(44)38(25-26-45(44,49)40(46)31-36)47(29-15-4-3-8-16-33-17-9-5-10-18-33)32-37(34-19-11-6-12-20-34)35-21-13-7-14-22-35/h2,5-7,9-14,17-24,37-38,40,43,48-49H,1,3-4,8,15-16,25-32H2/t38-,40+,43-,44-,45+/m0/s1. The Hall–Kier alpha value is -3.90. The lowest BCUT2D eigenvalue weighted by Gasteiger charge is -2.65. The predicted molar refractivity (Wildman–Crippen MR) is 201 cm³/mol. The van der Waals surface area contributed by atoms with Crippen molar-refractivity contribution in [1.29, 1.82) is 0 Å². The molecule has 0 radical (unpaired) electrons. The Balaban J connectivity index is 1.12. The van der Waals surface area contributed by atoms with Crippen LogP contribution < -0.4 is 4.74 Å². The number of benzene rings is 4. The molecule has 2 aliphatic carbocycles. The average molecular weight is 669 g/mol. The van der Waals surface area contributed by atoms with E-state index in [0.29, 0.717) is 5.75 Å². The number of phenols is 1. The Morgan fingerprint density at radius 2 is 1.54 bits per heavy atom. The third-order valence-corrected chi connectivity index (χ3v) is 12.7. The molecule has 2 fully saturated rings. The van der Waals surface area contributed by atoms with Gasteiger partial charge in [0.05, 0.1) is 11.0 Å². The molecule has 50 heavy (non-hydrogen) atoms. The second-order valence-electron chi connectivity index (χ2n) is 15.3. The van der Waals surface area contributed by atoms with Gasteiger partial charge in [-0.25, -0.2) is 0 Å². The third kappa shape index (κ3) is 5.68. The number of rotatable bonds is 14. The SMILES string of the molecule is C=CCN1CC[C@]23c4c5ccc(O)c4O[C@H]2[C@@H](N(CCCCCCc2ccccc2)CC(c2ccccc2)c2ccccc2)CC[C@@]3(O)[C@H]1C5. The van der Waals surface area contributed by atoms with E-state index in [-0.39, 0.29) is 29.9 Å². The summed E-state index contributed by atoms with van der Waals surface area (Å²) in [6.07, 6.45) is 10.7. The number of hydrogen-bond donors (Lipinski definition) is 2. The van der Waals surface area contributed by atoms with E-state index in [1.807, 2.05) is 12.1 Å². The molecule has 1 spiro atoms. The molecule has 5 heteroatoms. The summed E-state index contributed by atoms with van der Waals surface area (Å²) in [5, 5.41) is 24.3. The van der Waals surface area contributed by atoms with Crippen molar-refractivity contribution < 1.29 is 14.9 Å². The molecular formula is C45H52N2O3. The molecule has 5 nitrogen and oxygen atoms in total. The van der Waals surface area contributed by atoms with Crippen molar-refractivity contribution in [3.05, 3.63) is 144 Å². The zero-order valence-corrected chi connectivity index (χ0v) is 29.3. The molecule has 4 aromatic rings. The van der Waals surface area contributed by atoms with Gasteiger partial charge in [-0.1, -0.05) is 116 Å². The van der Waals surface area contributed by atoms with Crippen LogP contribution in [0.4, 0.5) is 0 Å². The van der Waals surface area contributed by atoms with Crippen LogP contribution in [0.2, 0.25) is 0 Å². The topological polar surface area (TPSA) is 56.2 Å². The summed E-state index contributed by atoms with van der Waals surface area (Å²) in [5.41, 5.74) is 4.90. The fraction of sp³-hybridized carbons (Fsp3) is 0.422. The van der Waals surface area contributed by atoms with Gasteiger partial charge in [0, 0.05) is 36.7 Å². The molecule has 2 N–H and O–H groups in total. The molecule has 0 unspecified atom stereocenters. The van der Waals surface area contributed by atoms with Crippen molar-refractivity contribution in [3.8, 4) is 11.5 Å². The maximum absolute atomic E-state index is 13.0. The first-order valence-corrected chi connectivity index (χ1v) is 19.0. The number of phenolic OH excluding ortho intramolecular Hbond substituents is 1. The summed E-state index contributed by atoms with van der Waals surface area (Å²) in [7, 11) is 0. The van der Waals surface area contributed by atoms with Crippen LogP contribution in [0.15, 0.2) is 116 Å². The van der Waals surface area contributed by atoms with Gasteiger partial charge in [-0.05, 0) is 86.4 Å². The molecule has 260 valence electrons. The number of likely N-dealkylation sites (tertiary alicyclic amines) is 1. The van der Waals surface area contributed by atoms with Crippen LogP contribution in [0, 0.1) is 0 Å². The minimum absolute atomic E-state index is 0.00347. The Morgan fingerprint density at radius 1 is 0.860 bits per heavy atom. The first-order valence-electron chi connectivity index (χ1n) is 19.0. The van der Waals surface area contributed by atoms with Gasteiger partial charge in [0.25, 0.3) is 0 Å². The molecule has 2 aliphatic heterocycles. The molecule has 8 rings (SSSR count). The molecule has 0 aromatic heterocycles. The number of unbranched alkanes of at least 4 members (excludes halogenated alkanes) is 3. The van der Waals surface area contributed by atoms with Gasteiger partial charge in [-0.3, -0.25) is 9.80 Å². The summed E-state index contributed by atoms with van der Waals surface area (Å²) in [6, 6.07) is 36.7. The molecular weight excluding hydrogens is 617 g/mol. The van der Waals surface area contributed by atoms with Gasteiger partial charge in [0.15, 0.2) is 11.5 Å². The Labute approximate surface area is 298 Å². The maximum atomic E-state index is 13.0. The molecule has 1 saturated heterocycles. The molecule has 5 atom stereocenters. The normalized spacial score (nSPS) is 26.5. The van der Waals surface area contributed by atoms with Gasteiger partial charge < -0.3 is 14.9 Å². The maximum Gasteiger partial charge on any atom is 0.165 e. The highest BCUT2D eigenvalue weighted by molar-refractivity contribution is 5.62. The Morgan fingerprint density at radius 3 is 2.24 bits per heavy atom. The van der Waals surface area contributed by atoms with E-state index in [1.54, 1.807) is 0 Å². The second-order valence-corrected chi connectivity index (χ2v) is 15.3. The summed E-state index contributed by atoms with van der Waals surface area (Å²) in [4.78, 5) is 5.17. The first-order chi connectivity index (χ1) is 24.5. The van der Waals surface area contributed by atoms with Gasteiger partial charge in [0.2, 0.25) is 0 Å². The zero-order valence-electron chi connectivity index (χ0n) is 29.3. The van der Waals surface area contributed by atoms with Crippen LogP contribution in [0.1, 0.15) is 78.7 Å². The number of ether oxygens (including phenoxy) is 1. The van der Waals surface area contributed by atoms with Crippen molar-refractivity contribution in [1.82, 2.24) is 9.80 Å². The zero-order chi connectivity index (χ0) is 34.1. The molecule has 0 amide bonds. The van der Waals surface area contributed by atoms with E-state index in [9.17, 15) is 10.2 Å². The highest BCUT2D eigenvalue weighted by Gasteiger charge is 2.73. The van der Waals surface area contributed by atoms with Gasteiger partial charge in [-0.2, -0.15) is 0 Å². The summed E-state index contributed by atoms with van der Waals surface area (Å²) < 4.78 is 7.06. The predicted octanol–water partition coefficient (Wildman–Crippen LogP) is 8.04.